The number of piperazine rings is 1. The highest BCUT2D eigenvalue weighted by Gasteiger charge is 2.51. The van der Waals surface area contributed by atoms with Gasteiger partial charge in [0.1, 0.15) is 12.1 Å². The largest absolute Gasteiger partial charge is 0.369 e. The maximum Gasteiger partial charge on any atom is 0.246 e. The van der Waals surface area contributed by atoms with E-state index in [1.54, 1.807) is 11.2 Å². The number of amides is 2. The Bertz CT molecular complexity index is 1280. The number of halogens is 1. The number of nitrogens with two attached hydrogens (primary N) is 1. The second kappa shape index (κ2) is 8.15. The van der Waals surface area contributed by atoms with Gasteiger partial charge in [-0.2, -0.15) is 0 Å². The minimum Gasteiger partial charge on any atom is -0.369 e. The molecular weight excluding hydrogens is 438 g/mol. The maximum absolute atomic E-state index is 12.2. The van der Waals surface area contributed by atoms with Crippen LogP contribution in [0.2, 0.25) is 5.02 Å². The van der Waals surface area contributed by atoms with Gasteiger partial charge in [-0.05, 0) is 42.2 Å². The van der Waals surface area contributed by atoms with E-state index in [1.807, 2.05) is 36.4 Å². The SMILES string of the molecule is C=CC(=O)N1CCN(c2ncnc3cc(-c4ccccc4C4(C(N)=O)CC4)c(Cl)cc23)CC1. The molecule has 0 bridgehead atoms. The van der Waals surface area contributed by atoms with Crippen molar-refractivity contribution in [3.63, 3.8) is 0 Å². The number of benzene rings is 2. The van der Waals surface area contributed by atoms with E-state index in [4.69, 9.17) is 17.3 Å². The third-order valence-electron chi connectivity index (χ3n) is 6.72. The summed E-state index contributed by atoms with van der Waals surface area (Å²) in [5.41, 5.74) is 8.53. The Labute approximate surface area is 196 Å². The normalized spacial score (nSPS) is 17.1. The number of anilines is 1. The molecule has 1 saturated heterocycles. The first-order valence-electron chi connectivity index (χ1n) is 10.9. The fourth-order valence-corrected chi connectivity index (χ4v) is 4.96. The van der Waals surface area contributed by atoms with Crippen molar-refractivity contribution in [2.45, 2.75) is 18.3 Å². The summed E-state index contributed by atoms with van der Waals surface area (Å²) < 4.78 is 0. The Morgan fingerprint density at radius 3 is 2.45 bits per heavy atom. The Morgan fingerprint density at radius 1 is 1.06 bits per heavy atom. The summed E-state index contributed by atoms with van der Waals surface area (Å²) in [4.78, 5) is 37.1. The molecule has 2 heterocycles. The number of carbonyl (C=O) groups is 2. The van der Waals surface area contributed by atoms with E-state index in [-0.39, 0.29) is 11.8 Å². The molecule has 5 rings (SSSR count). The summed E-state index contributed by atoms with van der Waals surface area (Å²) in [6, 6.07) is 11.6. The van der Waals surface area contributed by atoms with Crippen molar-refractivity contribution in [2.24, 2.45) is 5.73 Å². The number of aromatic nitrogens is 2. The molecule has 1 aliphatic carbocycles. The smallest absolute Gasteiger partial charge is 0.246 e. The average Bonchev–Trinajstić information content (AvgIpc) is 3.65. The molecule has 0 atom stereocenters. The Balaban J connectivity index is 1.53. The second-order valence-corrected chi connectivity index (χ2v) is 8.96. The van der Waals surface area contributed by atoms with Crippen LogP contribution < -0.4 is 10.6 Å². The number of carbonyl (C=O) groups excluding carboxylic acids is 2. The van der Waals surface area contributed by atoms with Crippen molar-refractivity contribution in [1.82, 2.24) is 14.9 Å². The van der Waals surface area contributed by atoms with Crippen molar-refractivity contribution >= 4 is 40.1 Å². The van der Waals surface area contributed by atoms with Gasteiger partial charge in [0.05, 0.1) is 10.9 Å². The topological polar surface area (TPSA) is 92.4 Å². The lowest BCUT2D eigenvalue weighted by atomic mass is 9.87. The lowest BCUT2D eigenvalue weighted by Gasteiger charge is -2.35. The van der Waals surface area contributed by atoms with Crippen LogP contribution in [0.25, 0.3) is 22.0 Å². The van der Waals surface area contributed by atoms with Crippen LogP contribution in [-0.2, 0) is 15.0 Å². The van der Waals surface area contributed by atoms with Crippen LogP contribution in [0.4, 0.5) is 5.82 Å². The lowest BCUT2D eigenvalue weighted by molar-refractivity contribution is -0.126. The van der Waals surface area contributed by atoms with Crippen LogP contribution in [0.1, 0.15) is 18.4 Å². The number of hydrogen-bond acceptors (Lipinski definition) is 5. The van der Waals surface area contributed by atoms with Crippen LogP contribution in [-0.4, -0.2) is 52.9 Å². The lowest BCUT2D eigenvalue weighted by Crippen LogP contribution is -2.48. The quantitative estimate of drug-likeness (QED) is 0.588. The van der Waals surface area contributed by atoms with Gasteiger partial charge >= 0.3 is 0 Å². The van der Waals surface area contributed by atoms with Crippen molar-refractivity contribution in [3.8, 4) is 11.1 Å². The highest BCUT2D eigenvalue weighted by atomic mass is 35.5. The predicted molar refractivity (Wildman–Crippen MR) is 129 cm³/mol. The van der Waals surface area contributed by atoms with Gasteiger partial charge in [-0.15, -0.1) is 0 Å². The van der Waals surface area contributed by atoms with Crippen LogP contribution in [0.3, 0.4) is 0 Å². The van der Waals surface area contributed by atoms with Crippen LogP contribution >= 0.6 is 11.6 Å². The van der Waals surface area contributed by atoms with Crippen LogP contribution in [0, 0.1) is 0 Å². The molecule has 1 aliphatic heterocycles. The van der Waals surface area contributed by atoms with E-state index in [9.17, 15) is 9.59 Å². The fourth-order valence-electron chi connectivity index (χ4n) is 4.70. The number of nitrogens with zero attached hydrogens (tertiary/aromatic N) is 4. The molecule has 0 spiro atoms. The van der Waals surface area contributed by atoms with Gasteiger partial charge in [-0.1, -0.05) is 42.4 Å². The molecule has 0 unspecified atom stereocenters. The molecule has 2 N–H and O–H groups in total. The minimum absolute atomic E-state index is 0.0575. The molecule has 2 aromatic carbocycles. The first-order chi connectivity index (χ1) is 15.9. The highest BCUT2D eigenvalue weighted by molar-refractivity contribution is 6.34. The summed E-state index contributed by atoms with van der Waals surface area (Å²) in [5, 5.41) is 1.41. The molecule has 8 heteroatoms. The Morgan fingerprint density at radius 2 is 1.79 bits per heavy atom. The first-order valence-corrected chi connectivity index (χ1v) is 11.3. The molecule has 168 valence electrons. The zero-order valence-corrected chi connectivity index (χ0v) is 18.9. The van der Waals surface area contributed by atoms with E-state index in [1.165, 1.54) is 6.08 Å². The fraction of sp³-hybridized carbons (Fsp3) is 0.280. The van der Waals surface area contributed by atoms with Gasteiger partial charge < -0.3 is 15.5 Å². The van der Waals surface area contributed by atoms with Gasteiger partial charge in [-0.3, -0.25) is 9.59 Å². The number of rotatable bonds is 5. The summed E-state index contributed by atoms with van der Waals surface area (Å²) in [6.45, 7) is 6.09. The van der Waals surface area contributed by atoms with Crippen molar-refractivity contribution in [1.29, 1.82) is 0 Å². The summed E-state index contributed by atoms with van der Waals surface area (Å²) >= 11 is 6.80. The third-order valence-corrected chi connectivity index (χ3v) is 7.04. The second-order valence-electron chi connectivity index (χ2n) is 8.55. The van der Waals surface area contributed by atoms with Gasteiger partial charge in [0.15, 0.2) is 0 Å². The molecular formula is C25H24ClN5O2. The van der Waals surface area contributed by atoms with E-state index in [0.29, 0.717) is 31.2 Å². The maximum atomic E-state index is 12.2. The molecule has 3 aromatic rings. The van der Waals surface area contributed by atoms with E-state index in [0.717, 1.165) is 46.3 Å². The van der Waals surface area contributed by atoms with E-state index < -0.39 is 5.41 Å². The summed E-state index contributed by atoms with van der Waals surface area (Å²) in [6.07, 6.45) is 4.39. The number of hydrogen-bond donors (Lipinski definition) is 1. The summed E-state index contributed by atoms with van der Waals surface area (Å²) in [7, 11) is 0. The average molecular weight is 462 g/mol. The van der Waals surface area contributed by atoms with Crippen molar-refractivity contribution < 1.29 is 9.59 Å². The van der Waals surface area contributed by atoms with Crippen molar-refractivity contribution in [3.05, 3.63) is 66.0 Å². The standard InChI is InChI=1S/C25H24ClN5O2/c1-2-22(32)30-9-11-31(12-10-30)23-18-13-20(26)17(14-21(18)28-15-29-23)16-5-3-4-6-19(16)25(7-8-25)24(27)33/h2-6,13-15H,1,7-12H2,(H2,27,33). The molecule has 33 heavy (non-hydrogen) atoms. The summed E-state index contributed by atoms with van der Waals surface area (Å²) in [5.74, 6) is 0.437. The Hall–Kier alpha value is -3.45. The van der Waals surface area contributed by atoms with E-state index in [2.05, 4.69) is 21.4 Å². The molecule has 0 radical (unpaired) electrons. The van der Waals surface area contributed by atoms with Crippen LogP contribution in [0.15, 0.2) is 55.4 Å². The van der Waals surface area contributed by atoms with Crippen molar-refractivity contribution in [2.75, 3.05) is 31.1 Å². The Kier molecular flexibility index (Phi) is 5.29. The monoisotopic (exact) mass is 461 g/mol. The number of primary amides is 1. The van der Waals surface area contributed by atoms with Gasteiger partial charge in [0, 0.05) is 42.2 Å². The number of fused-ring (bicyclic) bond motifs is 1. The first kappa shape index (κ1) is 21.4. The highest BCUT2D eigenvalue weighted by Crippen LogP contribution is 2.51. The molecule has 1 saturated carbocycles. The molecule has 2 aliphatic rings. The minimum atomic E-state index is -0.617. The molecule has 2 amide bonds. The predicted octanol–water partition coefficient (Wildman–Crippen LogP) is 3.30. The zero-order chi connectivity index (χ0) is 23.2. The molecule has 1 aromatic heterocycles. The molecule has 2 fully saturated rings. The van der Waals surface area contributed by atoms with Gasteiger partial charge in [0.2, 0.25) is 11.8 Å². The zero-order valence-electron chi connectivity index (χ0n) is 18.1. The van der Waals surface area contributed by atoms with Gasteiger partial charge in [0.25, 0.3) is 0 Å². The molecule has 7 nitrogen and oxygen atoms in total. The van der Waals surface area contributed by atoms with E-state index >= 15 is 0 Å². The van der Waals surface area contributed by atoms with Gasteiger partial charge in [-0.25, -0.2) is 9.97 Å². The van der Waals surface area contributed by atoms with Crippen LogP contribution in [0.5, 0.6) is 0 Å². The third kappa shape index (κ3) is 3.62.